The third kappa shape index (κ3) is 4.36. The van der Waals surface area contributed by atoms with Crippen LogP contribution in [0.4, 0.5) is 0 Å². The molecule has 1 N–H and O–H groups in total. The minimum Gasteiger partial charge on any atom is -0.507 e. The minimum atomic E-state index is -1.66. The molecule has 0 amide bonds. The quantitative estimate of drug-likeness (QED) is 0.142. The summed E-state index contributed by atoms with van der Waals surface area (Å²) in [6, 6.07) is 1.81. The van der Waals surface area contributed by atoms with Crippen LogP contribution in [0.2, 0.25) is 0 Å². The van der Waals surface area contributed by atoms with Crippen molar-refractivity contribution in [1.82, 2.24) is 5.16 Å². The molecule has 1 aromatic heterocycles. The maximum absolute atomic E-state index is 15.2. The number of benzene rings is 1. The lowest BCUT2D eigenvalue weighted by Crippen LogP contribution is -2.53. The molecular weight excluding hydrogens is 638 g/mol. The first-order valence-corrected chi connectivity index (χ1v) is 17.8. The lowest BCUT2D eigenvalue weighted by atomic mass is 9.55. The van der Waals surface area contributed by atoms with E-state index in [1.165, 1.54) is 14.2 Å². The first-order chi connectivity index (χ1) is 24.0. The van der Waals surface area contributed by atoms with Gasteiger partial charge in [0.1, 0.15) is 22.8 Å². The van der Waals surface area contributed by atoms with Crippen LogP contribution in [0.3, 0.4) is 0 Å². The van der Waals surface area contributed by atoms with Gasteiger partial charge in [0, 0.05) is 48.8 Å². The highest BCUT2D eigenvalue weighted by atomic mass is 16.7. The second-order valence-corrected chi connectivity index (χ2v) is 14.6. The highest BCUT2D eigenvalue weighted by molar-refractivity contribution is 6.25. The van der Waals surface area contributed by atoms with Crippen molar-refractivity contribution in [3.63, 3.8) is 0 Å². The van der Waals surface area contributed by atoms with Crippen molar-refractivity contribution in [3.05, 3.63) is 74.3 Å². The SMILES string of the molecule is CCCCOc1cc(OC)c2c3c1C(=O)C1=C(C3=C[C@@]23C(C)=CCCC3(C)C)C(OC)(OC)[C@@H]2Cc3onc(OCCCC)c3C(=O)C2=C1O. The number of methoxy groups -OCH3 is 3. The van der Waals surface area contributed by atoms with Crippen molar-refractivity contribution in [2.24, 2.45) is 11.3 Å². The van der Waals surface area contributed by atoms with E-state index in [4.69, 9.17) is 28.2 Å². The number of Topliss-reactive ketones (excluding diaryl/α,β-unsaturated/α-hetero) is 2. The summed E-state index contributed by atoms with van der Waals surface area (Å²) in [7, 11) is 4.64. The predicted molar refractivity (Wildman–Crippen MR) is 186 cm³/mol. The Labute approximate surface area is 293 Å². The molecule has 1 spiro atoms. The van der Waals surface area contributed by atoms with E-state index >= 15 is 4.79 Å². The van der Waals surface area contributed by atoms with Gasteiger partial charge in [0.25, 0.3) is 5.88 Å². The number of unbranched alkanes of at least 4 members (excludes halogenated alkanes) is 2. The van der Waals surface area contributed by atoms with E-state index in [-0.39, 0.29) is 34.4 Å². The number of carbonyl (C=O) groups excluding carboxylic acids is 2. The number of ether oxygens (including phenoxy) is 5. The molecular formula is C40H47NO9. The number of aliphatic hydroxyl groups excluding tert-OH is 1. The zero-order valence-electron chi connectivity index (χ0n) is 30.3. The van der Waals surface area contributed by atoms with Gasteiger partial charge >= 0.3 is 0 Å². The van der Waals surface area contributed by atoms with E-state index < -0.39 is 34.4 Å². The maximum Gasteiger partial charge on any atom is 0.265 e. The Kier molecular flexibility index (Phi) is 8.42. The molecule has 10 nitrogen and oxygen atoms in total. The molecule has 50 heavy (non-hydrogen) atoms. The monoisotopic (exact) mass is 685 g/mol. The number of nitrogens with zero attached hydrogens (tertiary/aromatic N) is 1. The summed E-state index contributed by atoms with van der Waals surface area (Å²) < 4.78 is 36.8. The van der Waals surface area contributed by atoms with Crippen LogP contribution in [-0.2, 0) is 21.3 Å². The van der Waals surface area contributed by atoms with Crippen LogP contribution >= 0.6 is 0 Å². The number of allylic oxidation sites excluding steroid dienone is 4. The minimum absolute atomic E-state index is 0.00450. The van der Waals surface area contributed by atoms with Crippen molar-refractivity contribution in [3.8, 4) is 17.4 Å². The van der Waals surface area contributed by atoms with Crippen LogP contribution < -0.4 is 14.2 Å². The number of aromatic nitrogens is 1. The summed E-state index contributed by atoms with van der Waals surface area (Å²) in [4.78, 5) is 29.7. The largest absolute Gasteiger partial charge is 0.507 e. The summed E-state index contributed by atoms with van der Waals surface area (Å²) in [6.45, 7) is 11.5. The number of hydrogen-bond acceptors (Lipinski definition) is 10. The molecule has 0 radical (unpaired) electrons. The molecule has 0 bridgehead atoms. The fourth-order valence-corrected chi connectivity index (χ4v) is 9.17. The van der Waals surface area contributed by atoms with Gasteiger partial charge in [-0.15, -0.1) is 0 Å². The molecule has 0 aliphatic heterocycles. The molecule has 0 saturated heterocycles. The van der Waals surface area contributed by atoms with Gasteiger partial charge in [0.2, 0.25) is 17.4 Å². The molecule has 10 heteroatoms. The van der Waals surface area contributed by atoms with E-state index in [0.29, 0.717) is 52.7 Å². The Hall–Kier alpha value is -4.15. The summed E-state index contributed by atoms with van der Waals surface area (Å²) in [6.07, 6.45) is 9.75. The van der Waals surface area contributed by atoms with Crippen molar-refractivity contribution in [1.29, 1.82) is 0 Å². The Bertz CT molecular complexity index is 1920. The summed E-state index contributed by atoms with van der Waals surface area (Å²) in [5, 5.41) is 16.4. The van der Waals surface area contributed by atoms with Gasteiger partial charge < -0.3 is 33.3 Å². The topological polar surface area (TPSA) is 127 Å². The molecule has 0 unspecified atom stereocenters. The van der Waals surface area contributed by atoms with Crippen LogP contribution in [0.1, 0.15) is 111 Å². The highest BCUT2D eigenvalue weighted by Crippen LogP contribution is 2.67. The van der Waals surface area contributed by atoms with E-state index in [0.717, 1.165) is 49.7 Å². The van der Waals surface area contributed by atoms with Crippen LogP contribution in [-0.4, -0.2) is 62.2 Å². The molecule has 0 fully saturated rings. The highest BCUT2D eigenvalue weighted by Gasteiger charge is 2.63. The number of rotatable bonds is 11. The molecule has 1 aromatic carbocycles. The first-order valence-electron chi connectivity index (χ1n) is 17.8. The van der Waals surface area contributed by atoms with Crippen molar-refractivity contribution in [2.75, 3.05) is 34.5 Å². The van der Waals surface area contributed by atoms with Gasteiger partial charge in [-0.3, -0.25) is 9.59 Å². The number of aliphatic hydroxyl groups is 1. The van der Waals surface area contributed by atoms with Gasteiger partial charge in [-0.25, -0.2) is 0 Å². The molecule has 7 rings (SSSR count). The molecule has 266 valence electrons. The van der Waals surface area contributed by atoms with Gasteiger partial charge in [-0.2, -0.15) is 0 Å². The van der Waals surface area contributed by atoms with Gasteiger partial charge in [-0.1, -0.05) is 58.3 Å². The number of ketones is 2. The van der Waals surface area contributed by atoms with E-state index in [1.54, 1.807) is 7.11 Å². The van der Waals surface area contributed by atoms with Gasteiger partial charge in [0.15, 0.2) is 5.76 Å². The lowest BCUT2D eigenvalue weighted by Gasteiger charge is -2.48. The Morgan fingerprint density at radius 2 is 1.66 bits per heavy atom. The van der Waals surface area contributed by atoms with E-state index in [2.05, 4.69) is 45.0 Å². The Morgan fingerprint density at radius 3 is 2.30 bits per heavy atom. The number of fused-ring (bicyclic) bond motifs is 4. The van der Waals surface area contributed by atoms with Gasteiger partial charge in [-0.05, 0) is 48.8 Å². The Balaban J connectivity index is 1.55. The van der Waals surface area contributed by atoms with E-state index in [1.807, 2.05) is 13.0 Å². The fourth-order valence-electron chi connectivity index (χ4n) is 9.17. The summed E-state index contributed by atoms with van der Waals surface area (Å²) in [5.74, 6) is -2.58. The molecule has 5 aliphatic carbocycles. The third-order valence-corrected chi connectivity index (χ3v) is 11.7. The molecule has 5 aliphatic rings. The summed E-state index contributed by atoms with van der Waals surface area (Å²) in [5.41, 5.74) is 3.25. The predicted octanol–water partition coefficient (Wildman–Crippen LogP) is 7.81. The molecule has 1 heterocycles. The molecule has 2 atom stereocenters. The normalized spacial score (nSPS) is 24.0. The standard InChI is InChI=1S/C40H47NO9/c1-9-11-16-48-24-19-26(45-6)33-27-22(20-39(33)21(3)14-13-15-38(39,4)5)32-31(36(44)29(24)27)35(43)28-23(40(32,46-7)47-8)18-25-30(34(28)42)37(41-50-25)49-17-12-10-2/h14,19-20,23,43H,9-13,15-18H2,1-8H3/t23-,39-/m1/s1. The second kappa shape index (κ2) is 12.3. The average Bonchev–Trinajstić information content (AvgIpc) is 3.68. The van der Waals surface area contributed by atoms with Crippen LogP contribution in [0.15, 0.2) is 50.8 Å². The average molecular weight is 686 g/mol. The van der Waals surface area contributed by atoms with Gasteiger partial charge in [0.05, 0.1) is 43.0 Å². The summed E-state index contributed by atoms with van der Waals surface area (Å²) >= 11 is 0. The van der Waals surface area contributed by atoms with Crippen molar-refractivity contribution >= 4 is 17.1 Å². The fraction of sp³-hybridized carbons (Fsp3) is 0.525. The van der Waals surface area contributed by atoms with Crippen LogP contribution in [0.5, 0.6) is 17.4 Å². The molecule has 2 aromatic rings. The zero-order valence-corrected chi connectivity index (χ0v) is 30.3. The first kappa shape index (κ1) is 34.3. The number of carbonyl (C=O) groups is 2. The Morgan fingerprint density at radius 1 is 0.960 bits per heavy atom. The van der Waals surface area contributed by atoms with Crippen LogP contribution in [0, 0.1) is 11.3 Å². The smallest absolute Gasteiger partial charge is 0.265 e. The lowest BCUT2D eigenvalue weighted by molar-refractivity contribution is -0.204. The molecule has 0 saturated carbocycles. The number of hydrogen-bond donors (Lipinski definition) is 1. The zero-order chi connectivity index (χ0) is 35.7. The second-order valence-electron chi connectivity index (χ2n) is 14.6. The third-order valence-electron chi connectivity index (χ3n) is 11.7. The maximum atomic E-state index is 15.2. The van der Waals surface area contributed by atoms with Crippen molar-refractivity contribution < 1.29 is 42.9 Å². The van der Waals surface area contributed by atoms with E-state index in [9.17, 15) is 9.90 Å². The van der Waals surface area contributed by atoms with Crippen molar-refractivity contribution in [2.45, 2.75) is 90.8 Å². The van der Waals surface area contributed by atoms with Crippen LogP contribution in [0.25, 0.3) is 5.57 Å².